The van der Waals surface area contributed by atoms with Gasteiger partial charge in [-0.2, -0.15) is 0 Å². The number of methoxy groups -OCH3 is 1. The molecule has 0 bridgehead atoms. The number of anilines is 1. The van der Waals surface area contributed by atoms with Crippen molar-refractivity contribution < 1.29 is 14.3 Å². The summed E-state index contributed by atoms with van der Waals surface area (Å²) in [6.07, 6.45) is 1.71. The third-order valence-corrected chi connectivity index (χ3v) is 3.43. The zero-order valence-corrected chi connectivity index (χ0v) is 12.5. The van der Waals surface area contributed by atoms with Crippen LogP contribution in [0.5, 0.6) is 5.88 Å². The van der Waals surface area contributed by atoms with Crippen LogP contribution in [0.25, 0.3) is 0 Å². The minimum Gasteiger partial charge on any atom is -0.481 e. The number of primary amides is 1. The lowest BCUT2D eigenvalue weighted by molar-refractivity contribution is -0.131. The zero-order chi connectivity index (χ0) is 15.9. The molecule has 2 heterocycles. The third-order valence-electron chi connectivity index (χ3n) is 3.43. The van der Waals surface area contributed by atoms with Gasteiger partial charge in [0.1, 0.15) is 12.1 Å². The lowest BCUT2D eigenvalue weighted by Gasteiger charge is -2.35. The molecule has 22 heavy (non-hydrogen) atoms. The Labute approximate surface area is 128 Å². The van der Waals surface area contributed by atoms with E-state index < -0.39 is 6.03 Å². The van der Waals surface area contributed by atoms with Gasteiger partial charge in [-0.3, -0.25) is 4.79 Å². The van der Waals surface area contributed by atoms with Gasteiger partial charge >= 0.3 is 6.03 Å². The summed E-state index contributed by atoms with van der Waals surface area (Å²) >= 11 is 0. The van der Waals surface area contributed by atoms with E-state index in [1.165, 1.54) is 6.33 Å². The van der Waals surface area contributed by atoms with Gasteiger partial charge in [-0.25, -0.2) is 14.8 Å². The van der Waals surface area contributed by atoms with Crippen LogP contribution in [0.2, 0.25) is 0 Å². The van der Waals surface area contributed by atoms with Gasteiger partial charge in [0.2, 0.25) is 11.8 Å². The summed E-state index contributed by atoms with van der Waals surface area (Å²) in [6, 6.07) is 1.16. The highest BCUT2D eigenvalue weighted by atomic mass is 16.5. The first kappa shape index (κ1) is 15.8. The second kappa shape index (κ2) is 7.43. The van der Waals surface area contributed by atoms with Crippen LogP contribution in [0, 0.1) is 0 Å². The number of nitrogens with zero attached hydrogens (tertiary/aromatic N) is 4. The Morgan fingerprint density at radius 2 is 2.05 bits per heavy atom. The molecular weight excluding hydrogens is 288 g/mol. The number of piperazine rings is 1. The van der Waals surface area contributed by atoms with Crippen LogP contribution in [0.3, 0.4) is 0 Å². The molecule has 9 heteroatoms. The standard InChI is InChI=1S/C13H20N6O3/c1-22-11-8-10(16-9-17-11)18-4-6-19(7-5-18)12(20)2-3-15-13(14)21/h8-9H,2-7H2,1H3,(H3,14,15,21). The second-order valence-electron chi connectivity index (χ2n) is 4.83. The van der Waals surface area contributed by atoms with Crippen molar-refractivity contribution >= 4 is 17.8 Å². The molecule has 0 atom stereocenters. The highest BCUT2D eigenvalue weighted by molar-refractivity contribution is 5.78. The Hall–Kier alpha value is -2.58. The lowest BCUT2D eigenvalue weighted by Crippen LogP contribution is -2.49. The first-order chi connectivity index (χ1) is 10.6. The Kier molecular flexibility index (Phi) is 5.34. The summed E-state index contributed by atoms with van der Waals surface area (Å²) in [6.45, 7) is 2.87. The highest BCUT2D eigenvalue weighted by Crippen LogP contribution is 2.17. The molecule has 1 aromatic rings. The Balaban J connectivity index is 1.82. The van der Waals surface area contributed by atoms with E-state index in [0.717, 1.165) is 5.82 Å². The van der Waals surface area contributed by atoms with E-state index in [1.54, 1.807) is 18.1 Å². The SMILES string of the molecule is COc1cc(N2CCN(C(=O)CCNC(N)=O)CC2)ncn1. The van der Waals surface area contributed by atoms with Crippen LogP contribution in [-0.4, -0.2) is 66.6 Å². The molecule has 9 nitrogen and oxygen atoms in total. The summed E-state index contributed by atoms with van der Waals surface area (Å²) in [5.41, 5.74) is 4.96. The predicted molar refractivity (Wildman–Crippen MR) is 79.6 cm³/mol. The molecule has 0 radical (unpaired) electrons. The van der Waals surface area contributed by atoms with Crippen LogP contribution < -0.4 is 20.7 Å². The number of rotatable bonds is 5. The summed E-state index contributed by atoms with van der Waals surface area (Å²) in [5, 5.41) is 2.41. The van der Waals surface area contributed by atoms with Crippen molar-refractivity contribution in [2.24, 2.45) is 5.73 Å². The monoisotopic (exact) mass is 308 g/mol. The Morgan fingerprint density at radius 3 is 2.68 bits per heavy atom. The molecule has 1 fully saturated rings. The van der Waals surface area contributed by atoms with Gasteiger partial charge in [0, 0.05) is 45.2 Å². The molecule has 0 spiro atoms. The number of urea groups is 1. The number of carbonyl (C=O) groups is 2. The lowest BCUT2D eigenvalue weighted by atomic mass is 10.2. The summed E-state index contributed by atoms with van der Waals surface area (Å²) in [7, 11) is 1.56. The molecule has 2 rings (SSSR count). The van der Waals surface area contributed by atoms with Gasteiger partial charge < -0.3 is 25.6 Å². The Bertz CT molecular complexity index is 530. The predicted octanol–water partition coefficient (Wildman–Crippen LogP) is -0.808. The molecule has 120 valence electrons. The van der Waals surface area contributed by atoms with Crippen LogP contribution in [0.15, 0.2) is 12.4 Å². The van der Waals surface area contributed by atoms with E-state index in [9.17, 15) is 9.59 Å². The fourth-order valence-electron chi connectivity index (χ4n) is 2.25. The molecule has 3 N–H and O–H groups in total. The van der Waals surface area contributed by atoms with Crippen LogP contribution in [0.4, 0.5) is 10.6 Å². The van der Waals surface area contributed by atoms with Crippen molar-refractivity contribution in [2.45, 2.75) is 6.42 Å². The number of carbonyl (C=O) groups excluding carboxylic acids is 2. The van der Waals surface area contributed by atoms with E-state index in [4.69, 9.17) is 10.5 Å². The fraction of sp³-hybridized carbons (Fsp3) is 0.538. The summed E-state index contributed by atoms with van der Waals surface area (Å²) in [5.74, 6) is 1.31. The van der Waals surface area contributed by atoms with Crippen molar-refractivity contribution in [3.63, 3.8) is 0 Å². The minimum absolute atomic E-state index is 0.00803. The van der Waals surface area contributed by atoms with Crippen molar-refractivity contribution in [1.82, 2.24) is 20.2 Å². The topological polar surface area (TPSA) is 114 Å². The highest BCUT2D eigenvalue weighted by Gasteiger charge is 2.21. The number of amides is 3. The number of nitrogens with one attached hydrogen (secondary N) is 1. The fourth-order valence-corrected chi connectivity index (χ4v) is 2.25. The smallest absolute Gasteiger partial charge is 0.312 e. The van der Waals surface area contributed by atoms with Crippen molar-refractivity contribution in [2.75, 3.05) is 44.7 Å². The molecule has 1 aliphatic heterocycles. The van der Waals surface area contributed by atoms with Gasteiger partial charge in [0.15, 0.2) is 0 Å². The normalized spacial score (nSPS) is 14.6. The molecule has 0 aliphatic carbocycles. The summed E-state index contributed by atoms with van der Waals surface area (Å²) in [4.78, 5) is 34.6. The van der Waals surface area contributed by atoms with Gasteiger partial charge in [0.05, 0.1) is 7.11 Å². The maximum atomic E-state index is 12.0. The van der Waals surface area contributed by atoms with Crippen molar-refractivity contribution in [3.05, 3.63) is 12.4 Å². The van der Waals surface area contributed by atoms with E-state index in [0.29, 0.717) is 32.1 Å². The first-order valence-electron chi connectivity index (χ1n) is 7.02. The molecule has 3 amide bonds. The quantitative estimate of drug-likeness (QED) is 0.735. The Morgan fingerprint density at radius 1 is 1.32 bits per heavy atom. The molecule has 0 unspecified atom stereocenters. The molecule has 1 aliphatic rings. The van der Waals surface area contributed by atoms with Crippen LogP contribution >= 0.6 is 0 Å². The number of ether oxygens (including phenoxy) is 1. The largest absolute Gasteiger partial charge is 0.481 e. The van der Waals surface area contributed by atoms with Crippen LogP contribution in [-0.2, 0) is 4.79 Å². The second-order valence-corrected chi connectivity index (χ2v) is 4.83. The first-order valence-corrected chi connectivity index (χ1v) is 7.02. The summed E-state index contributed by atoms with van der Waals surface area (Å²) < 4.78 is 5.08. The van der Waals surface area contributed by atoms with E-state index in [-0.39, 0.29) is 18.9 Å². The maximum Gasteiger partial charge on any atom is 0.312 e. The van der Waals surface area contributed by atoms with Gasteiger partial charge in [-0.05, 0) is 0 Å². The zero-order valence-electron chi connectivity index (χ0n) is 12.5. The average molecular weight is 308 g/mol. The van der Waals surface area contributed by atoms with Crippen LogP contribution in [0.1, 0.15) is 6.42 Å². The molecule has 0 aromatic carbocycles. The molecular formula is C13H20N6O3. The number of aromatic nitrogens is 2. The number of hydrogen-bond donors (Lipinski definition) is 2. The van der Waals surface area contributed by atoms with Gasteiger partial charge in [0.25, 0.3) is 0 Å². The van der Waals surface area contributed by atoms with Crippen molar-refractivity contribution in [3.8, 4) is 5.88 Å². The average Bonchev–Trinajstić information content (AvgIpc) is 2.54. The molecule has 0 saturated carbocycles. The van der Waals surface area contributed by atoms with Crippen molar-refractivity contribution in [1.29, 1.82) is 0 Å². The molecule has 1 aromatic heterocycles. The van der Waals surface area contributed by atoms with E-state index >= 15 is 0 Å². The van der Waals surface area contributed by atoms with Gasteiger partial charge in [-0.1, -0.05) is 0 Å². The third kappa shape index (κ3) is 4.21. The minimum atomic E-state index is -0.615. The number of hydrogen-bond acceptors (Lipinski definition) is 6. The number of nitrogens with two attached hydrogens (primary N) is 1. The molecule has 1 saturated heterocycles. The van der Waals surface area contributed by atoms with Gasteiger partial charge in [-0.15, -0.1) is 0 Å². The van der Waals surface area contributed by atoms with E-state index in [1.807, 2.05) is 0 Å². The maximum absolute atomic E-state index is 12.0. The van der Waals surface area contributed by atoms with E-state index in [2.05, 4.69) is 20.2 Å².